The van der Waals surface area contributed by atoms with Gasteiger partial charge < -0.3 is 15.7 Å². The summed E-state index contributed by atoms with van der Waals surface area (Å²) in [7, 11) is 0. The summed E-state index contributed by atoms with van der Waals surface area (Å²) in [5, 5.41) is 15.1. The van der Waals surface area contributed by atoms with E-state index < -0.39 is 5.60 Å². The number of rotatable bonds is 5. The molecule has 4 saturated carbocycles. The van der Waals surface area contributed by atoms with E-state index in [9.17, 15) is 5.11 Å². The fraction of sp³-hybridized carbons (Fsp3) is 0.875. The quantitative estimate of drug-likeness (QED) is 0.409. The Bertz CT molecular complexity index is 620. The van der Waals surface area contributed by atoms with Crippen molar-refractivity contribution in [3.8, 4) is 0 Å². The van der Waals surface area contributed by atoms with E-state index in [4.69, 9.17) is 10.6 Å². The molecule has 7 atom stereocenters. The smallest absolute Gasteiger partial charge is 0.129 e. The second kappa shape index (κ2) is 7.75. The second-order valence-corrected chi connectivity index (χ2v) is 10.8. The van der Waals surface area contributed by atoms with E-state index in [1.165, 1.54) is 44.9 Å². The maximum Gasteiger partial charge on any atom is 0.129 e. The van der Waals surface area contributed by atoms with Crippen LogP contribution in [-0.2, 0) is 4.84 Å². The van der Waals surface area contributed by atoms with Gasteiger partial charge in [0.2, 0.25) is 0 Å². The molecule has 0 unspecified atom stereocenters. The van der Waals surface area contributed by atoms with Crippen LogP contribution >= 0.6 is 0 Å². The van der Waals surface area contributed by atoms with E-state index in [-0.39, 0.29) is 0 Å². The largest absolute Gasteiger partial charge is 0.394 e. The molecule has 3 N–H and O–H groups in total. The van der Waals surface area contributed by atoms with Crippen molar-refractivity contribution in [3.63, 3.8) is 0 Å². The van der Waals surface area contributed by atoms with Crippen LogP contribution in [0.2, 0.25) is 0 Å². The molecule has 0 aromatic heterocycles. The Morgan fingerprint density at radius 2 is 1.93 bits per heavy atom. The number of allylic oxidation sites excluding steroid dienone is 1. The van der Waals surface area contributed by atoms with Crippen LogP contribution in [-0.4, -0.2) is 30.1 Å². The predicted octanol–water partition coefficient (Wildman–Crippen LogP) is 4.67. The number of hydrogen-bond donors (Lipinski definition) is 2. The van der Waals surface area contributed by atoms with Gasteiger partial charge in [0.1, 0.15) is 6.61 Å². The summed E-state index contributed by atoms with van der Waals surface area (Å²) in [6.07, 6.45) is 18.3. The molecule has 0 aromatic rings. The topological polar surface area (TPSA) is 67.8 Å². The number of aliphatic hydroxyl groups is 1. The zero-order valence-corrected chi connectivity index (χ0v) is 17.9. The van der Waals surface area contributed by atoms with E-state index in [1.54, 1.807) is 6.21 Å². The van der Waals surface area contributed by atoms with E-state index in [2.05, 4.69) is 19.0 Å². The summed E-state index contributed by atoms with van der Waals surface area (Å²) < 4.78 is 0. The summed E-state index contributed by atoms with van der Waals surface area (Å²) in [5.41, 5.74) is 5.75. The van der Waals surface area contributed by atoms with Crippen molar-refractivity contribution in [1.82, 2.24) is 0 Å². The number of fused-ring (bicyclic) bond motifs is 5. The molecule has 28 heavy (non-hydrogen) atoms. The van der Waals surface area contributed by atoms with Gasteiger partial charge in [0.25, 0.3) is 0 Å². The average molecular weight is 389 g/mol. The Morgan fingerprint density at radius 1 is 1.07 bits per heavy atom. The van der Waals surface area contributed by atoms with Crippen molar-refractivity contribution in [2.24, 2.45) is 45.4 Å². The first kappa shape index (κ1) is 20.4. The lowest BCUT2D eigenvalue weighted by molar-refractivity contribution is -0.135. The van der Waals surface area contributed by atoms with Crippen molar-refractivity contribution in [2.45, 2.75) is 83.7 Å². The molecule has 158 valence electrons. The highest BCUT2D eigenvalue weighted by Crippen LogP contribution is 2.66. The maximum absolute atomic E-state index is 11.2. The highest BCUT2D eigenvalue weighted by molar-refractivity contribution is 5.70. The van der Waals surface area contributed by atoms with Crippen LogP contribution in [0.15, 0.2) is 17.3 Å². The Hall–Kier alpha value is -0.870. The van der Waals surface area contributed by atoms with E-state index in [1.807, 2.05) is 12.2 Å². The van der Waals surface area contributed by atoms with Gasteiger partial charge in [-0.2, -0.15) is 0 Å². The molecule has 0 bridgehead atoms. The van der Waals surface area contributed by atoms with Crippen molar-refractivity contribution >= 4 is 6.21 Å². The lowest BCUT2D eigenvalue weighted by Crippen LogP contribution is -2.55. The van der Waals surface area contributed by atoms with Gasteiger partial charge in [-0.05, 0) is 98.4 Å². The summed E-state index contributed by atoms with van der Waals surface area (Å²) in [6, 6.07) is 0. The van der Waals surface area contributed by atoms with Crippen molar-refractivity contribution in [2.75, 3.05) is 13.2 Å². The van der Waals surface area contributed by atoms with Gasteiger partial charge in [-0.1, -0.05) is 31.5 Å². The predicted molar refractivity (Wildman–Crippen MR) is 114 cm³/mol. The molecule has 0 radical (unpaired) electrons. The molecule has 0 amide bonds. The van der Waals surface area contributed by atoms with Crippen LogP contribution in [0.3, 0.4) is 0 Å². The fourth-order valence-corrected chi connectivity index (χ4v) is 7.82. The zero-order chi connectivity index (χ0) is 19.8. The third kappa shape index (κ3) is 3.56. The maximum atomic E-state index is 11.2. The standard InChI is InChI=1S/C24H40N2O2/c1-22-9-3-5-20(22)19-7-6-18-17-24(27,10-4-15-26-28-16-14-25)13-12-23(18,2)21(19)8-11-22/h4,10,15,18-21,27H,3,5-9,11-14,16-17,25H2,1-2H3/t18-,19+,20+,21+,22+,23+,24+/m1/s1. The van der Waals surface area contributed by atoms with Gasteiger partial charge in [-0.15, -0.1) is 0 Å². The van der Waals surface area contributed by atoms with Crippen molar-refractivity contribution in [1.29, 1.82) is 0 Å². The minimum atomic E-state index is -0.687. The van der Waals surface area contributed by atoms with Gasteiger partial charge in [-0.3, -0.25) is 0 Å². The van der Waals surface area contributed by atoms with Crippen molar-refractivity contribution in [3.05, 3.63) is 12.2 Å². The molecular formula is C24H40N2O2. The van der Waals surface area contributed by atoms with Crippen LogP contribution in [0, 0.1) is 34.5 Å². The van der Waals surface area contributed by atoms with Crippen molar-refractivity contribution < 1.29 is 9.94 Å². The minimum absolute atomic E-state index is 0.422. The van der Waals surface area contributed by atoms with Crippen LogP contribution in [0.1, 0.15) is 78.1 Å². The lowest BCUT2D eigenvalue weighted by Gasteiger charge is -2.61. The lowest BCUT2D eigenvalue weighted by atomic mass is 9.44. The fourth-order valence-electron chi connectivity index (χ4n) is 7.82. The van der Waals surface area contributed by atoms with E-state index in [0.29, 0.717) is 29.9 Å². The molecule has 0 aromatic carbocycles. The Kier molecular flexibility index (Phi) is 5.65. The monoisotopic (exact) mass is 388 g/mol. The number of nitrogens with zero attached hydrogens (tertiary/aromatic N) is 1. The number of oxime groups is 1. The number of hydrogen-bond acceptors (Lipinski definition) is 4. The summed E-state index contributed by atoms with van der Waals surface area (Å²) >= 11 is 0. The SMILES string of the molecule is C[C@@]12CCC[C@H]1[C@@H]1CC[C@@H]3C[C@](O)(C=CC=NOCCN)CC[C@]3(C)[C@H]1CC2. The molecule has 0 aliphatic heterocycles. The normalized spacial score (nSPS) is 48.4. The van der Waals surface area contributed by atoms with Crippen LogP contribution in [0.4, 0.5) is 0 Å². The molecule has 4 aliphatic rings. The van der Waals surface area contributed by atoms with Gasteiger partial charge in [0.15, 0.2) is 0 Å². The molecule has 0 spiro atoms. The van der Waals surface area contributed by atoms with Gasteiger partial charge in [0.05, 0.1) is 11.8 Å². The Morgan fingerprint density at radius 3 is 2.75 bits per heavy atom. The third-order valence-electron chi connectivity index (χ3n) is 9.38. The zero-order valence-electron chi connectivity index (χ0n) is 17.9. The molecule has 4 heteroatoms. The first-order valence-electron chi connectivity index (χ1n) is 11.7. The average Bonchev–Trinajstić information content (AvgIpc) is 3.07. The van der Waals surface area contributed by atoms with Crippen LogP contribution in [0.25, 0.3) is 0 Å². The van der Waals surface area contributed by atoms with Gasteiger partial charge in [0, 0.05) is 6.54 Å². The third-order valence-corrected chi connectivity index (χ3v) is 9.38. The van der Waals surface area contributed by atoms with E-state index in [0.717, 1.165) is 37.0 Å². The molecular weight excluding hydrogens is 348 g/mol. The molecule has 4 nitrogen and oxygen atoms in total. The Balaban J connectivity index is 1.43. The first-order chi connectivity index (χ1) is 13.4. The summed E-state index contributed by atoms with van der Waals surface area (Å²) in [4.78, 5) is 5.02. The minimum Gasteiger partial charge on any atom is -0.394 e. The number of nitrogens with two attached hydrogens (primary N) is 1. The molecule has 4 rings (SSSR count). The second-order valence-electron chi connectivity index (χ2n) is 10.8. The highest BCUT2D eigenvalue weighted by Gasteiger charge is 2.58. The van der Waals surface area contributed by atoms with Crippen LogP contribution < -0.4 is 5.73 Å². The molecule has 4 fully saturated rings. The van der Waals surface area contributed by atoms with Gasteiger partial charge in [-0.25, -0.2) is 0 Å². The molecule has 0 heterocycles. The first-order valence-corrected chi connectivity index (χ1v) is 11.7. The summed E-state index contributed by atoms with van der Waals surface area (Å²) in [5.74, 6) is 3.43. The molecule has 4 aliphatic carbocycles. The van der Waals surface area contributed by atoms with Crippen LogP contribution in [0.5, 0.6) is 0 Å². The Labute approximate surface area is 171 Å². The highest BCUT2D eigenvalue weighted by atomic mass is 16.6. The van der Waals surface area contributed by atoms with E-state index >= 15 is 0 Å². The summed E-state index contributed by atoms with van der Waals surface area (Å²) in [6.45, 7) is 6.04. The van der Waals surface area contributed by atoms with Gasteiger partial charge >= 0.3 is 0 Å². The molecule has 0 saturated heterocycles.